The number of nitrogens with zero attached hydrogens (tertiary/aromatic N) is 3. The molecule has 2 aromatic carbocycles. The lowest BCUT2D eigenvalue weighted by Gasteiger charge is -2.32. The minimum atomic E-state index is 0.215. The summed E-state index contributed by atoms with van der Waals surface area (Å²) in [6.07, 6.45) is 2.45. The van der Waals surface area contributed by atoms with Gasteiger partial charge in [0.15, 0.2) is 5.82 Å². The SMILES string of the molecule is Cc1ccc2c(N3CCC[C@H](C)C3)nc(-c3ccccc3O)nc2c1. The van der Waals surface area contributed by atoms with E-state index >= 15 is 0 Å². The summed E-state index contributed by atoms with van der Waals surface area (Å²) in [4.78, 5) is 12.0. The van der Waals surface area contributed by atoms with Crippen LogP contribution in [0.5, 0.6) is 5.75 Å². The van der Waals surface area contributed by atoms with Gasteiger partial charge in [-0.3, -0.25) is 0 Å². The lowest BCUT2D eigenvalue weighted by molar-refractivity contribution is 0.445. The van der Waals surface area contributed by atoms with E-state index in [4.69, 9.17) is 9.97 Å². The molecule has 0 bridgehead atoms. The van der Waals surface area contributed by atoms with E-state index < -0.39 is 0 Å². The van der Waals surface area contributed by atoms with Crippen LogP contribution >= 0.6 is 0 Å². The lowest BCUT2D eigenvalue weighted by Crippen LogP contribution is -2.35. The van der Waals surface area contributed by atoms with Crippen molar-refractivity contribution in [2.45, 2.75) is 26.7 Å². The third-order valence-electron chi connectivity index (χ3n) is 4.93. The van der Waals surface area contributed by atoms with Crippen LogP contribution in [0.2, 0.25) is 0 Å². The molecule has 1 aliphatic rings. The lowest BCUT2D eigenvalue weighted by atomic mass is 10.00. The second-order valence-electron chi connectivity index (χ2n) is 7.10. The van der Waals surface area contributed by atoms with Crippen molar-refractivity contribution in [2.24, 2.45) is 5.92 Å². The van der Waals surface area contributed by atoms with Crippen molar-refractivity contribution in [2.75, 3.05) is 18.0 Å². The van der Waals surface area contributed by atoms with Crippen LogP contribution in [0.1, 0.15) is 25.3 Å². The van der Waals surface area contributed by atoms with E-state index in [2.05, 4.69) is 36.9 Å². The van der Waals surface area contributed by atoms with Crippen molar-refractivity contribution in [1.82, 2.24) is 9.97 Å². The molecule has 1 N–H and O–H groups in total. The minimum absolute atomic E-state index is 0.215. The van der Waals surface area contributed by atoms with Gasteiger partial charge in [0.05, 0.1) is 11.1 Å². The van der Waals surface area contributed by atoms with E-state index in [1.807, 2.05) is 18.2 Å². The van der Waals surface area contributed by atoms with Gasteiger partial charge in [0.1, 0.15) is 11.6 Å². The van der Waals surface area contributed by atoms with Gasteiger partial charge in [0.2, 0.25) is 0 Å². The summed E-state index contributed by atoms with van der Waals surface area (Å²) >= 11 is 0. The van der Waals surface area contributed by atoms with Gasteiger partial charge < -0.3 is 10.0 Å². The molecule has 2 heterocycles. The number of anilines is 1. The molecule has 1 fully saturated rings. The average molecular weight is 333 g/mol. The second kappa shape index (κ2) is 6.36. The van der Waals surface area contributed by atoms with Crippen molar-refractivity contribution in [3.05, 3.63) is 48.0 Å². The molecule has 3 aromatic rings. The summed E-state index contributed by atoms with van der Waals surface area (Å²) in [5.41, 5.74) is 2.78. The fourth-order valence-corrected chi connectivity index (χ4v) is 3.63. The first kappa shape index (κ1) is 15.9. The highest BCUT2D eigenvalue weighted by Gasteiger charge is 2.21. The summed E-state index contributed by atoms with van der Waals surface area (Å²) in [5.74, 6) is 2.45. The molecule has 0 amide bonds. The number of phenolic OH excluding ortho intramolecular Hbond substituents is 1. The van der Waals surface area contributed by atoms with Crippen molar-refractivity contribution in [3.8, 4) is 17.1 Å². The van der Waals surface area contributed by atoms with Crippen LogP contribution in [0, 0.1) is 12.8 Å². The molecule has 4 rings (SSSR count). The highest BCUT2D eigenvalue weighted by atomic mass is 16.3. The molecule has 1 saturated heterocycles. The Morgan fingerprint density at radius 3 is 2.76 bits per heavy atom. The van der Waals surface area contributed by atoms with Crippen LogP contribution in [-0.2, 0) is 0 Å². The number of phenols is 1. The van der Waals surface area contributed by atoms with Crippen molar-refractivity contribution in [3.63, 3.8) is 0 Å². The van der Waals surface area contributed by atoms with E-state index in [1.165, 1.54) is 18.4 Å². The van der Waals surface area contributed by atoms with Crippen molar-refractivity contribution < 1.29 is 5.11 Å². The summed E-state index contributed by atoms with van der Waals surface area (Å²) in [7, 11) is 0. The largest absolute Gasteiger partial charge is 0.507 e. The van der Waals surface area contributed by atoms with Crippen LogP contribution in [0.3, 0.4) is 0 Å². The normalized spacial score (nSPS) is 17.8. The van der Waals surface area contributed by atoms with Crippen LogP contribution in [0.4, 0.5) is 5.82 Å². The van der Waals surface area contributed by atoms with E-state index in [0.717, 1.165) is 29.8 Å². The quantitative estimate of drug-likeness (QED) is 0.747. The molecule has 1 aromatic heterocycles. The van der Waals surface area contributed by atoms with Crippen LogP contribution in [-0.4, -0.2) is 28.2 Å². The Morgan fingerprint density at radius 2 is 1.96 bits per heavy atom. The number of rotatable bonds is 2. The predicted molar refractivity (Wildman–Crippen MR) is 102 cm³/mol. The fraction of sp³-hybridized carbons (Fsp3) is 0.333. The zero-order valence-electron chi connectivity index (χ0n) is 14.7. The molecule has 4 nitrogen and oxygen atoms in total. The molecule has 0 unspecified atom stereocenters. The van der Waals surface area contributed by atoms with Gasteiger partial charge in [-0.2, -0.15) is 0 Å². The maximum absolute atomic E-state index is 10.2. The second-order valence-corrected chi connectivity index (χ2v) is 7.10. The Bertz CT molecular complexity index is 922. The number of fused-ring (bicyclic) bond motifs is 1. The van der Waals surface area contributed by atoms with Gasteiger partial charge in [-0.15, -0.1) is 0 Å². The molecule has 0 saturated carbocycles. The van der Waals surface area contributed by atoms with Gasteiger partial charge in [0.25, 0.3) is 0 Å². The first-order valence-corrected chi connectivity index (χ1v) is 8.93. The number of piperidine rings is 1. The molecular weight excluding hydrogens is 310 g/mol. The molecule has 0 spiro atoms. The molecule has 1 aliphatic heterocycles. The summed E-state index contributed by atoms with van der Waals surface area (Å²) in [5, 5.41) is 11.3. The topological polar surface area (TPSA) is 49.2 Å². The Labute approximate surface area is 148 Å². The third-order valence-corrected chi connectivity index (χ3v) is 4.93. The zero-order chi connectivity index (χ0) is 17.4. The van der Waals surface area contributed by atoms with Crippen LogP contribution < -0.4 is 4.90 Å². The van der Waals surface area contributed by atoms with E-state index in [-0.39, 0.29) is 5.75 Å². The maximum atomic E-state index is 10.2. The highest BCUT2D eigenvalue weighted by molar-refractivity contribution is 5.91. The van der Waals surface area contributed by atoms with Crippen LogP contribution in [0.15, 0.2) is 42.5 Å². The van der Waals surface area contributed by atoms with E-state index in [0.29, 0.717) is 17.3 Å². The number of benzene rings is 2. The van der Waals surface area contributed by atoms with E-state index in [9.17, 15) is 5.11 Å². The summed E-state index contributed by atoms with van der Waals surface area (Å²) in [6.45, 7) is 6.40. The molecule has 25 heavy (non-hydrogen) atoms. The molecule has 4 heteroatoms. The molecule has 1 atom stereocenters. The molecule has 0 radical (unpaired) electrons. The molecule has 0 aliphatic carbocycles. The minimum Gasteiger partial charge on any atom is -0.507 e. The van der Waals surface area contributed by atoms with Crippen molar-refractivity contribution >= 4 is 16.7 Å². The average Bonchev–Trinajstić information content (AvgIpc) is 2.61. The van der Waals surface area contributed by atoms with Gasteiger partial charge in [-0.05, 0) is 55.5 Å². The zero-order valence-corrected chi connectivity index (χ0v) is 14.7. The Balaban J connectivity index is 1.92. The first-order chi connectivity index (χ1) is 12.1. The smallest absolute Gasteiger partial charge is 0.165 e. The number of aromatic nitrogens is 2. The Hall–Kier alpha value is -2.62. The van der Waals surface area contributed by atoms with Gasteiger partial charge in [0, 0.05) is 18.5 Å². The number of aryl methyl sites for hydroxylation is 1. The fourth-order valence-electron chi connectivity index (χ4n) is 3.63. The Morgan fingerprint density at radius 1 is 1.12 bits per heavy atom. The Kier molecular flexibility index (Phi) is 4.04. The third kappa shape index (κ3) is 3.04. The monoisotopic (exact) mass is 333 g/mol. The molecular formula is C21H23N3O. The van der Waals surface area contributed by atoms with E-state index in [1.54, 1.807) is 6.07 Å². The maximum Gasteiger partial charge on any atom is 0.165 e. The van der Waals surface area contributed by atoms with Gasteiger partial charge in [-0.25, -0.2) is 9.97 Å². The predicted octanol–water partition coefficient (Wildman–Crippen LogP) is 4.55. The van der Waals surface area contributed by atoms with Gasteiger partial charge >= 0.3 is 0 Å². The first-order valence-electron chi connectivity index (χ1n) is 8.93. The standard InChI is InChI=1S/C21H23N3O/c1-14-9-10-16-18(12-14)22-20(17-7-3-4-8-19(17)25)23-21(16)24-11-5-6-15(2)13-24/h3-4,7-10,12,15,25H,5-6,11,13H2,1-2H3/t15-/m0/s1. The summed E-state index contributed by atoms with van der Waals surface area (Å²) < 4.78 is 0. The van der Waals surface area contributed by atoms with Crippen LogP contribution in [0.25, 0.3) is 22.3 Å². The number of hydrogen-bond acceptors (Lipinski definition) is 4. The number of aromatic hydroxyl groups is 1. The summed E-state index contributed by atoms with van der Waals surface area (Å²) in [6, 6.07) is 13.6. The number of hydrogen-bond donors (Lipinski definition) is 1. The highest BCUT2D eigenvalue weighted by Crippen LogP contribution is 2.33. The number of para-hydroxylation sites is 1. The van der Waals surface area contributed by atoms with Crippen molar-refractivity contribution in [1.29, 1.82) is 0 Å². The molecule has 128 valence electrons. The van der Waals surface area contributed by atoms with Gasteiger partial charge in [-0.1, -0.05) is 25.1 Å².